The molecule has 5 heteroatoms. The molecule has 1 N–H and O–H groups in total. The third kappa shape index (κ3) is 2.98. The Kier molecular flexibility index (Phi) is 3.96. The van der Waals surface area contributed by atoms with Crippen molar-refractivity contribution in [1.29, 1.82) is 0 Å². The summed E-state index contributed by atoms with van der Waals surface area (Å²) < 4.78 is 5.54. The van der Waals surface area contributed by atoms with Gasteiger partial charge in [-0.15, -0.1) is 0 Å². The van der Waals surface area contributed by atoms with E-state index in [4.69, 9.17) is 9.52 Å². The topological polar surface area (TPSA) is 56.9 Å². The van der Waals surface area contributed by atoms with Gasteiger partial charge in [0.1, 0.15) is 17.1 Å². The summed E-state index contributed by atoms with van der Waals surface area (Å²) in [5, 5.41) is 9.02. The highest BCUT2D eigenvalue weighted by molar-refractivity contribution is 5.88. The van der Waals surface area contributed by atoms with Crippen LogP contribution in [0.2, 0.25) is 0 Å². The lowest BCUT2D eigenvalue weighted by atomic mass is 10.1. The van der Waals surface area contributed by atoms with Gasteiger partial charge in [0.15, 0.2) is 0 Å². The second-order valence-corrected chi connectivity index (χ2v) is 5.55. The highest BCUT2D eigenvalue weighted by Crippen LogP contribution is 2.19. The standard InChI is InChI=1S/C14H22N2O3/c1-9-6-16(7-10(2)15(9)4)8-12-5-13(14(17)18)11(3)19-12/h5,9-10H,6-8H2,1-4H3,(H,17,18). The van der Waals surface area contributed by atoms with Crippen molar-refractivity contribution in [2.24, 2.45) is 0 Å². The molecule has 5 nitrogen and oxygen atoms in total. The molecule has 0 amide bonds. The zero-order valence-corrected chi connectivity index (χ0v) is 12.0. The second kappa shape index (κ2) is 5.35. The molecule has 0 aromatic carbocycles. The molecule has 0 aliphatic carbocycles. The largest absolute Gasteiger partial charge is 0.478 e. The van der Waals surface area contributed by atoms with Crippen LogP contribution in [0, 0.1) is 6.92 Å². The molecule has 0 spiro atoms. The molecular weight excluding hydrogens is 244 g/mol. The van der Waals surface area contributed by atoms with E-state index < -0.39 is 5.97 Å². The molecule has 2 atom stereocenters. The fourth-order valence-electron chi connectivity index (χ4n) is 2.70. The summed E-state index contributed by atoms with van der Waals surface area (Å²) in [6.45, 7) is 8.74. The van der Waals surface area contributed by atoms with Gasteiger partial charge in [0.2, 0.25) is 0 Å². The van der Waals surface area contributed by atoms with Crippen LogP contribution in [0.15, 0.2) is 10.5 Å². The number of hydrogen-bond donors (Lipinski definition) is 1. The summed E-state index contributed by atoms with van der Waals surface area (Å²) in [7, 11) is 2.15. The Labute approximate surface area is 113 Å². The lowest BCUT2D eigenvalue weighted by molar-refractivity contribution is 0.0517. The van der Waals surface area contributed by atoms with Gasteiger partial charge in [0, 0.05) is 25.2 Å². The number of aryl methyl sites for hydroxylation is 1. The molecule has 2 rings (SSSR count). The van der Waals surface area contributed by atoms with Crippen LogP contribution >= 0.6 is 0 Å². The summed E-state index contributed by atoms with van der Waals surface area (Å²) in [6, 6.07) is 2.64. The number of carbonyl (C=O) groups is 1. The Morgan fingerprint density at radius 2 is 2.00 bits per heavy atom. The molecule has 1 aliphatic heterocycles. The van der Waals surface area contributed by atoms with Crippen molar-refractivity contribution in [2.75, 3.05) is 20.1 Å². The molecule has 0 radical (unpaired) electrons. The van der Waals surface area contributed by atoms with Crippen molar-refractivity contribution in [1.82, 2.24) is 9.80 Å². The number of carboxylic acids is 1. The van der Waals surface area contributed by atoms with E-state index in [0.29, 0.717) is 24.4 Å². The van der Waals surface area contributed by atoms with Gasteiger partial charge in [-0.25, -0.2) is 4.79 Å². The Bertz CT molecular complexity index is 457. The zero-order chi connectivity index (χ0) is 14.2. The number of nitrogens with zero attached hydrogens (tertiary/aromatic N) is 2. The number of aromatic carboxylic acids is 1. The lowest BCUT2D eigenvalue weighted by Gasteiger charge is -2.42. The molecule has 2 heterocycles. The normalized spacial score (nSPS) is 25.7. The molecule has 1 fully saturated rings. The third-order valence-corrected chi connectivity index (χ3v) is 4.01. The van der Waals surface area contributed by atoms with Gasteiger partial charge in [0.05, 0.1) is 6.54 Å². The van der Waals surface area contributed by atoms with Gasteiger partial charge >= 0.3 is 5.97 Å². The molecule has 1 saturated heterocycles. The first-order valence-electron chi connectivity index (χ1n) is 6.65. The van der Waals surface area contributed by atoms with Crippen LogP contribution in [0.5, 0.6) is 0 Å². The van der Waals surface area contributed by atoms with Crippen molar-refractivity contribution < 1.29 is 14.3 Å². The predicted molar refractivity (Wildman–Crippen MR) is 72.4 cm³/mol. The highest BCUT2D eigenvalue weighted by Gasteiger charge is 2.27. The smallest absolute Gasteiger partial charge is 0.339 e. The molecule has 1 aromatic heterocycles. The molecule has 106 valence electrons. The molecule has 2 unspecified atom stereocenters. The quantitative estimate of drug-likeness (QED) is 0.904. The van der Waals surface area contributed by atoms with Crippen molar-refractivity contribution in [3.63, 3.8) is 0 Å². The molecule has 19 heavy (non-hydrogen) atoms. The average molecular weight is 266 g/mol. The fraction of sp³-hybridized carbons (Fsp3) is 0.643. The number of furan rings is 1. The average Bonchev–Trinajstić information content (AvgIpc) is 2.67. The molecule has 0 saturated carbocycles. The Hall–Kier alpha value is -1.33. The minimum atomic E-state index is -0.924. The van der Waals surface area contributed by atoms with Crippen LogP contribution in [0.25, 0.3) is 0 Å². The number of hydrogen-bond acceptors (Lipinski definition) is 4. The maximum Gasteiger partial charge on any atom is 0.339 e. The van der Waals surface area contributed by atoms with Gasteiger partial charge < -0.3 is 9.52 Å². The first kappa shape index (κ1) is 14.1. The molecule has 1 aromatic rings. The summed E-state index contributed by atoms with van der Waals surface area (Å²) in [6.07, 6.45) is 0. The van der Waals surface area contributed by atoms with E-state index in [2.05, 4.69) is 30.7 Å². The summed E-state index contributed by atoms with van der Waals surface area (Å²) in [5.74, 6) is 0.296. The van der Waals surface area contributed by atoms with E-state index in [1.165, 1.54) is 0 Å². The number of piperazine rings is 1. The third-order valence-electron chi connectivity index (χ3n) is 4.01. The van der Waals surface area contributed by atoms with Crippen LogP contribution in [0.4, 0.5) is 0 Å². The van der Waals surface area contributed by atoms with E-state index >= 15 is 0 Å². The predicted octanol–water partition coefficient (Wildman–Crippen LogP) is 1.81. The second-order valence-electron chi connectivity index (χ2n) is 5.55. The first-order valence-corrected chi connectivity index (χ1v) is 6.65. The van der Waals surface area contributed by atoms with Gasteiger partial charge in [-0.2, -0.15) is 0 Å². The Balaban J connectivity index is 2.05. The van der Waals surface area contributed by atoms with Crippen molar-refractivity contribution in [2.45, 2.75) is 39.4 Å². The van der Waals surface area contributed by atoms with Crippen LogP contribution in [0.3, 0.4) is 0 Å². The van der Waals surface area contributed by atoms with Crippen molar-refractivity contribution >= 4 is 5.97 Å². The first-order chi connectivity index (χ1) is 8.88. The summed E-state index contributed by atoms with van der Waals surface area (Å²) >= 11 is 0. The fourth-order valence-corrected chi connectivity index (χ4v) is 2.70. The molecule has 0 bridgehead atoms. The maximum atomic E-state index is 11.0. The number of rotatable bonds is 3. The highest BCUT2D eigenvalue weighted by atomic mass is 16.4. The van der Waals surface area contributed by atoms with Gasteiger partial charge in [-0.05, 0) is 33.9 Å². The van der Waals surface area contributed by atoms with Crippen molar-refractivity contribution in [3.05, 3.63) is 23.2 Å². The van der Waals surface area contributed by atoms with E-state index in [9.17, 15) is 4.79 Å². The van der Waals surface area contributed by atoms with E-state index in [0.717, 1.165) is 18.8 Å². The Morgan fingerprint density at radius 3 is 2.47 bits per heavy atom. The summed E-state index contributed by atoms with van der Waals surface area (Å²) in [4.78, 5) is 15.7. The zero-order valence-electron chi connectivity index (χ0n) is 12.0. The van der Waals surface area contributed by atoms with Gasteiger partial charge in [-0.3, -0.25) is 9.80 Å². The van der Waals surface area contributed by atoms with Crippen LogP contribution in [-0.4, -0.2) is 53.1 Å². The molecular formula is C14H22N2O3. The van der Waals surface area contributed by atoms with Crippen molar-refractivity contribution in [3.8, 4) is 0 Å². The van der Waals surface area contributed by atoms with E-state index in [1.54, 1.807) is 13.0 Å². The van der Waals surface area contributed by atoms with Crippen LogP contribution in [0.1, 0.15) is 35.7 Å². The maximum absolute atomic E-state index is 11.0. The van der Waals surface area contributed by atoms with E-state index in [-0.39, 0.29) is 5.56 Å². The van der Waals surface area contributed by atoms with Gasteiger partial charge in [-0.1, -0.05) is 0 Å². The lowest BCUT2D eigenvalue weighted by Crippen LogP contribution is -2.54. The summed E-state index contributed by atoms with van der Waals surface area (Å²) in [5.41, 5.74) is 0.269. The van der Waals surface area contributed by atoms with E-state index in [1.807, 2.05) is 0 Å². The number of likely N-dealkylation sites (N-methyl/N-ethyl adjacent to an activating group) is 1. The van der Waals surface area contributed by atoms with Crippen LogP contribution in [-0.2, 0) is 6.54 Å². The Morgan fingerprint density at radius 1 is 1.42 bits per heavy atom. The minimum Gasteiger partial charge on any atom is -0.478 e. The number of carboxylic acid groups (broad SMARTS) is 1. The monoisotopic (exact) mass is 266 g/mol. The van der Waals surface area contributed by atoms with Crippen LogP contribution < -0.4 is 0 Å². The SMILES string of the molecule is Cc1oc(CN2CC(C)N(C)C(C)C2)cc1C(=O)O. The minimum absolute atomic E-state index is 0.269. The van der Waals surface area contributed by atoms with Gasteiger partial charge in [0.25, 0.3) is 0 Å². The molecule has 1 aliphatic rings.